The highest BCUT2D eigenvalue weighted by Gasteiger charge is 2.24. The van der Waals surface area contributed by atoms with Gasteiger partial charge in [0, 0.05) is 25.5 Å². The number of carbonyl (C=O) groups excluding carboxylic acids is 1. The number of carbonyl (C=O) groups is 1. The van der Waals surface area contributed by atoms with Crippen molar-refractivity contribution in [3.05, 3.63) is 65.1 Å². The lowest BCUT2D eigenvalue weighted by atomic mass is 10.1. The molecule has 6 nitrogen and oxygen atoms in total. The summed E-state index contributed by atoms with van der Waals surface area (Å²) in [5.41, 5.74) is 3.89. The fourth-order valence-corrected chi connectivity index (χ4v) is 4.62. The molecule has 1 aromatic carbocycles. The lowest BCUT2D eigenvalue weighted by molar-refractivity contribution is 0.0985. The van der Waals surface area contributed by atoms with Crippen LogP contribution in [0.15, 0.2) is 41.3 Å². The van der Waals surface area contributed by atoms with Crippen LogP contribution in [0.5, 0.6) is 0 Å². The van der Waals surface area contributed by atoms with Crippen molar-refractivity contribution in [1.82, 2.24) is 14.5 Å². The van der Waals surface area contributed by atoms with Crippen molar-refractivity contribution in [1.29, 1.82) is 0 Å². The Bertz CT molecular complexity index is 1160. The number of amides is 1. The van der Waals surface area contributed by atoms with Gasteiger partial charge in [-0.05, 0) is 57.4 Å². The van der Waals surface area contributed by atoms with Gasteiger partial charge in [0.2, 0.25) is 0 Å². The van der Waals surface area contributed by atoms with Crippen LogP contribution in [0.1, 0.15) is 39.4 Å². The number of thiazole rings is 1. The predicted molar refractivity (Wildman–Crippen MR) is 116 cm³/mol. The normalized spacial score (nSPS) is 11.3. The molecule has 0 radical (unpaired) electrons. The molecule has 3 heterocycles. The van der Waals surface area contributed by atoms with Crippen molar-refractivity contribution in [2.75, 3.05) is 11.4 Å². The minimum absolute atomic E-state index is 0.0709. The van der Waals surface area contributed by atoms with E-state index in [4.69, 9.17) is 9.40 Å². The van der Waals surface area contributed by atoms with Crippen LogP contribution in [-0.4, -0.2) is 27.0 Å². The Kier molecular flexibility index (Phi) is 5.24. The minimum atomic E-state index is -0.0709. The van der Waals surface area contributed by atoms with E-state index in [1.54, 1.807) is 28.8 Å². The highest BCUT2D eigenvalue weighted by atomic mass is 32.1. The summed E-state index contributed by atoms with van der Waals surface area (Å²) < 4.78 is 8.74. The molecule has 0 aliphatic carbocycles. The molecule has 0 bridgehead atoms. The van der Waals surface area contributed by atoms with Gasteiger partial charge in [0.25, 0.3) is 5.91 Å². The average molecular weight is 409 g/mol. The van der Waals surface area contributed by atoms with Gasteiger partial charge in [-0.3, -0.25) is 9.69 Å². The molecule has 4 rings (SSSR count). The van der Waals surface area contributed by atoms with E-state index in [9.17, 15) is 4.79 Å². The van der Waals surface area contributed by atoms with Crippen LogP contribution in [0.25, 0.3) is 10.2 Å². The number of benzene rings is 1. The third kappa shape index (κ3) is 3.96. The molecular weight excluding hydrogens is 384 g/mol. The molecule has 7 heteroatoms. The molecule has 0 saturated carbocycles. The van der Waals surface area contributed by atoms with Gasteiger partial charge in [-0.15, -0.1) is 0 Å². The van der Waals surface area contributed by atoms with Crippen LogP contribution in [0.4, 0.5) is 5.13 Å². The molecule has 4 aromatic rings. The van der Waals surface area contributed by atoms with Crippen LogP contribution < -0.4 is 4.90 Å². The minimum Gasteiger partial charge on any atom is -0.466 e. The smallest absolute Gasteiger partial charge is 0.263 e. The number of hydrogen-bond donors (Lipinski definition) is 0. The molecule has 0 aliphatic rings. The summed E-state index contributed by atoms with van der Waals surface area (Å²) in [4.78, 5) is 24.1. The molecule has 3 aromatic heterocycles. The molecule has 1 amide bonds. The zero-order valence-corrected chi connectivity index (χ0v) is 17.9. The highest BCUT2D eigenvalue weighted by Crippen LogP contribution is 2.33. The summed E-state index contributed by atoms with van der Waals surface area (Å²) in [6, 6.07) is 6.03. The van der Waals surface area contributed by atoms with Gasteiger partial charge in [0.15, 0.2) is 5.13 Å². The Hall–Kier alpha value is -2.93. The molecule has 0 fully saturated rings. The number of anilines is 1. The summed E-state index contributed by atoms with van der Waals surface area (Å²) in [5, 5.41) is 0.725. The van der Waals surface area contributed by atoms with Crippen molar-refractivity contribution in [2.24, 2.45) is 0 Å². The summed E-state index contributed by atoms with van der Waals surface area (Å²) >= 11 is 1.57. The summed E-state index contributed by atoms with van der Waals surface area (Å²) in [7, 11) is 0. The zero-order valence-electron chi connectivity index (χ0n) is 17.1. The summed E-state index contributed by atoms with van der Waals surface area (Å²) in [5.74, 6) is 1.30. The number of nitrogens with zero attached hydrogens (tertiary/aromatic N) is 4. The Morgan fingerprint density at radius 1 is 1.21 bits per heavy atom. The number of aromatic nitrogens is 3. The topological polar surface area (TPSA) is 64.2 Å². The Balaban J connectivity index is 1.68. The second-order valence-electron chi connectivity index (χ2n) is 7.36. The largest absolute Gasteiger partial charge is 0.466 e. The van der Waals surface area contributed by atoms with Crippen molar-refractivity contribution in [3.8, 4) is 0 Å². The molecule has 150 valence electrons. The fourth-order valence-electron chi connectivity index (χ4n) is 3.58. The first kappa shape index (κ1) is 19.4. The van der Waals surface area contributed by atoms with Gasteiger partial charge in [0.1, 0.15) is 11.5 Å². The lowest BCUT2D eigenvalue weighted by Crippen LogP contribution is -2.32. The summed E-state index contributed by atoms with van der Waals surface area (Å²) in [6.07, 6.45) is 6.28. The predicted octanol–water partition coefficient (Wildman–Crippen LogP) is 5.06. The first-order valence-corrected chi connectivity index (χ1v) is 10.5. The molecule has 0 saturated heterocycles. The SMILES string of the molecule is Cc1cc(C)c2sc(N(CCCn3ccnc3)C(=O)c3cc(C)oc3C)nc2c1. The number of hydrogen-bond acceptors (Lipinski definition) is 5. The van der Waals surface area contributed by atoms with Crippen LogP contribution in [0, 0.1) is 27.7 Å². The number of fused-ring (bicyclic) bond motifs is 1. The molecule has 0 spiro atoms. The van der Waals surface area contributed by atoms with Gasteiger partial charge in [-0.2, -0.15) is 0 Å². The Labute approximate surface area is 173 Å². The lowest BCUT2D eigenvalue weighted by Gasteiger charge is -2.19. The van der Waals surface area contributed by atoms with E-state index in [-0.39, 0.29) is 5.91 Å². The van der Waals surface area contributed by atoms with Gasteiger partial charge in [-0.25, -0.2) is 9.97 Å². The second kappa shape index (κ2) is 7.83. The van der Waals surface area contributed by atoms with Crippen LogP contribution in [-0.2, 0) is 6.54 Å². The van der Waals surface area contributed by atoms with Crippen LogP contribution >= 0.6 is 11.3 Å². The van der Waals surface area contributed by atoms with Gasteiger partial charge in [-0.1, -0.05) is 17.4 Å². The molecule has 0 unspecified atom stereocenters. The number of aryl methyl sites for hydroxylation is 5. The first-order chi connectivity index (χ1) is 13.9. The van der Waals surface area contributed by atoms with Crippen LogP contribution in [0.2, 0.25) is 0 Å². The maximum Gasteiger partial charge on any atom is 0.263 e. The molecular formula is C22H24N4O2S. The molecule has 29 heavy (non-hydrogen) atoms. The van der Waals surface area contributed by atoms with E-state index in [2.05, 4.69) is 31.0 Å². The average Bonchev–Trinajstić information content (AvgIpc) is 3.38. The third-order valence-corrected chi connectivity index (χ3v) is 6.14. The number of imidazole rings is 1. The fraction of sp³-hybridized carbons (Fsp3) is 0.318. The zero-order chi connectivity index (χ0) is 20.5. The van der Waals surface area contributed by atoms with E-state index >= 15 is 0 Å². The van der Waals surface area contributed by atoms with Gasteiger partial charge >= 0.3 is 0 Å². The summed E-state index contributed by atoms with van der Waals surface area (Å²) in [6.45, 7) is 9.20. The maximum absolute atomic E-state index is 13.4. The Morgan fingerprint density at radius 2 is 2.03 bits per heavy atom. The van der Waals surface area contributed by atoms with Crippen molar-refractivity contribution in [3.63, 3.8) is 0 Å². The molecule has 0 aliphatic heterocycles. The van der Waals surface area contributed by atoms with Crippen molar-refractivity contribution >= 4 is 32.6 Å². The van der Waals surface area contributed by atoms with Crippen molar-refractivity contribution < 1.29 is 9.21 Å². The number of rotatable bonds is 6. The molecule has 0 atom stereocenters. The van der Waals surface area contributed by atoms with E-state index in [0.717, 1.165) is 34.1 Å². The van der Waals surface area contributed by atoms with E-state index in [1.807, 2.05) is 30.7 Å². The van der Waals surface area contributed by atoms with E-state index in [1.165, 1.54) is 11.1 Å². The van der Waals surface area contributed by atoms with Gasteiger partial charge < -0.3 is 8.98 Å². The quantitative estimate of drug-likeness (QED) is 0.447. The van der Waals surface area contributed by atoms with Crippen LogP contribution in [0.3, 0.4) is 0 Å². The Morgan fingerprint density at radius 3 is 2.72 bits per heavy atom. The second-order valence-corrected chi connectivity index (χ2v) is 8.34. The standard InChI is InChI=1S/C22H24N4O2S/c1-14-10-15(2)20-19(11-14)24-22(29-20)26(8-5-7-25-9-6-23-13-25)21(27)18-12-16(3)28-17(18)4/h6,9-13H,5,7-8H2,1-4H3. The third-order valence-electron chi connectivity index (χ3n) is 4.91. The maximum atomic E-state index is 13.4. The first-order valence-electron chi connectivity index (χ1n) is 9.65. The number of furan rings is 1. The van der Waals surface area contributed by atoms with Crippen molar-refractivity contribution in [2.45, 2.75) is 40.7 Å². The van der Waals surface area contributed by atoms with Gasteiger partial charge in [0.05, 0.1) is 22.1 Å². The van der Waals surface area contributed by atoms with E-state index in [0.29, 0.717) is 17.9 Å². The molecule has 0 N–H and O–H groups in total. The van der Waals surface area contributed by atoms with E-state index < -0.39 is 0 Å². The highest BCUT2D eigenvalue weighted by molar-refractivity contribution is 7.22. The monoisotopic (exact) mass is 408 g/mol.